The summed E-state index contributed by atoms with van der Waals surface area (Å²) in [5.74, 6) is 0.947. The van der Waals surface area contributed by atoms with E-state index in [0.29, 0.717) is 0 Å². The Labute approximate surface area is 126 Å². The number of para-hydroxylation sites is 1. The van der Waals surface area contributed by atoms with Crippen molar-refractivity contribution >= 4 is 38.4 Å². The Bertz CT molecular complexity index is 663. The third-order valence-corrected chi connectivity index (χ3v) is 4.44. The zero-order valence-corrected chi connectivity index (χ0v) is 13.5. The largest absolute Gasteiger partial charge is 0.486 e. The van der Waals surface area contributed by atoms with Crippen LogP contribution in [0.15, 0.2) is 18.2 Å². The first kappa shape index (κ1) is 13.2. The quantitative estimate of drug-likeness (QED) is 0.713. The number of halogens is 2. The summed E-state index contributed by atoms with van der Waals surface area (Å²) < 4.78 is 5.54. The van der Waals surface area contributed by atoms with E-state index < -0.39 is 3.78 Å². The van der Waals surface area contributed by atoms with Gasteiger partial charge in [-0.15, -0.1) is 11.6 Å². The highest BCUT2D eigenvalue weighted by atomic mass is 79.9. The molecule has 19 heavy (non-hydrogen) atoms. The fourth-order valence-electron chi connectivity index (χ4n) is 2.58. The van der Waals surface area contributed by atoms with Crippen molar-refractivity contribution < 1.29 is 4.74 Å². The van der Waals surface area contributed by atoms with Gasteiger partial charge in [0.05, 0.1) is 5.52 Å². The van der Waals surface area contributed by atoms with Crippen LogP contribution in [0, 0.1) is 13.8 Å². The number of hydrogen-bond acceptors (Lipinski definition) is 2. The van der Waals surface area contributed by atoms with Gasteiger partial charge in [0.25, 0.3) is 0 Å². The van der Waals surface area contributed by atoms with Crippen LogP contribution in [0.1, 0.15) is 23.7 Å². The number of ether oxygens (including phenoxy) is 1. The zero-order chi connectivity index (χ0) is 13.8. The van der Waals surface area contributed by atoms with Crippen molar-refractivity contribution in [2.75, 3.05) is 0 Å². The molecule has 2 heterocycles. The van der Waals surface area contributed by atoms with Crippen LogP contribution in [0.25, 0.3) is 10.9 Å². The number of rotatable bonds is 1. The van der Waals surface area contributed by atoms with Gasteiger partial charge in [0.1, 0.15) is 15.6 Å². The smallest absolute Gasteiger partial charge is 0.134 e. The van der Waals surface area contributed by atoms with Gasteiger partial charge < -0.3 is 4.74 Å². The minimum Gasteiger partial charge on any atom is -0.486 e. The summed E-state index contributed by atoms with van der Waals surface area (Å²) in [6, 6.07) is 6.18. The predicted molar refractivity (Wildman–Crippen MR) is 82.5 cm³/mol. The molecule has 0 radical (unpaired) electrons. The van der Waals surface area contributed by atoms with Crippen molar-refractivity contribution in [2.24, 2.45) is 0 Å². The van der Waals surface area contributed by atoms with E-state index in [4.69, 9.17) is 21.3 Å². The molecule has 0 amide bonds. The number of aromatic nitrogens is 1. The molecular formula is C15H15BrClNO. The molecule has 0 N–H and O–H groups in total. The lowest BCUT2D eigenvalue weighted by Crippen LogP contribution is -2.31. The van der Waals surface area contributed by atoms with Crippen LogP contribution in [0.3, 0.4) is 0 Å². The van der Waals surface area contributed by atoms with Gasteiger partial charge in [-0.3, -0.25) is 4.98 Å². The minimum atomic E-state index is -0.561. The molecule has 2 nitrogen and oxygen atoms in total. The highest BCUT2D eigenvalue weighted by Crippen LogP contribution is 2.43. The minimum absolute atomic E-state index is 0.0734. The first-order chi connectivity index (χ1) is 8.88. The molecule has 0 spiro atoms. The van der Waals surface area contributed by atoms with Crippen LogP contribution in [-0.2, 0) is 6.42 Å². The molecule has 2 atom stereocenters. The van der Waals surface area contributed by atoms with Crippen LogP contribution < -0.4 is 4.74 Å². The van der Waals surface area contributed by atoms with E-state index in [1.54, 1.807) is 0 Å². The third kappa shape index (κ3) is 2.13. The lowest BCUT2D eigenvalue weighted by atomic mass is 10.0. The second-order valence-electron chi connectivity index (χ2n) is 5.24. The van der Waals surface area contributed by atoms with Gasteiger partial charge >= 0.3 is 0 Å². The lowest BCUT2D eigenvalue weighted by molar-refractivity contribution is 0.225. The standard InChI is InChI=1S/C15H15BrClNO/c1-8-5-4-6-10-13(8)18-9(2)11-7-12(15(3,16)17)19-14(10)11/h4-6,12H,7H2,1-3H3/t12-,15+/m1/s1. The molecular weight excluding hydrogens is 326 g/mol. The lowest BCUT2D eigenvalue weighted by Gasteiger charge is -2.21. The summed E-state index contributed by atoms with van der Waals surface area (Å²) in [4.78, 5) is 4.72. The van der Waals surface area contributed by atoms with E-state index in [9.17, 15) is 0 Å². The molecule has 1 aromatic carbocycles. The third-order valence-electron chi connectivity index (χ3n) is 3.69. The van der Waals surface area contributed by atoms with Crippen LogP contribution in [0.5, 0.6) is 5.75 Å². The Balaban J connectivity index is 2.22. The van der Waals surface area contributed by atoms with Gasteiger partial charge in [-0.05, 0) is 32.4 Å². The van der Waals surface area contributed by atoms with Crippen molar-refractivity contribution in [2.45, 2.75) is 37.1 Å². The van der Waals surface area contributed by atoms with Gasteiger partial charge in [-0.2, -0.15) is 0 Å². The van der Waals surface area contributed by atoms with Crippen molar-refractivity contribution in [3.8, 4) is 5.75 Å². The summed E-state index contributed by atoms with van der Waals surface area (Å²) >= 11 is 9.82. The molecule has 2 aromatic rings. The molecule has 0 aliphatic carbocycles. The summed E-state index contributed by atoms with van der Waals surface area (Å²) in [5, 5.41) is 1.08. The molecule has 4 heteroatoms. The van der Waals surface area contributed by atoms with Gasteiger partial charge in [0.15, 0.2) is 0 Å². The summed E-state index contributed by atoms with van der Waals surface area (Å²) in [7, 11) is 0. The molecule has 0 saturated heterocycles. The molecule has 1 aliphatic rings. The predicted octanol–water partition coefficient (Wildman–Crippen LogP) is 4.51. The Kier molecular flexibility index (Phi) is 3.02. The van der Waals surface area contributed by atoms with Crippen molar-refractivity contribution in [3.63, 3.8) is 0 Å². The zero-order valence-electron chi connectivity index (χ0n) is 11.1. The molecule has 0 fully saturated rings. The normalized spacial score (nSPS) is 21.0. The van der Waals surface area contributed by atoms with Crippen LogP contribution in [0.2, 0.25) is 0 Å². The van der Waals surface area contributed by atoms with Gasteiger partial charge in [0, 0.05) is 23.1 Å². The Hall–Kier alpha value is -0.800. The maximum absolute atomic E-state index is 6.34. The van der Waals surface area contributed by atoms with E-state index in [0.717, 1.165) is 28.8 Å². The Morgan fingerprint density at radius 1 is 1.42 bits per heavy atom. The maximum Gasteiger partial charge on any atom is 0.134 e. The second-order valence-corrected chi connectivity index (χ2v) is 8.13. The van der Waals surface area contributed by atoms with Gasteiger partial charge in [-0.25, -0.2) is 0 Å². The highest BCUT2D eigenvalue weighted by Gasteiger charge is 2.38. The summed E-state index contributed by atoms with van der Waals surface area (Å²) in [6.45, 7) is 6.03. The van der Waals surface area contributed by atoms with Gasteiger partial charge in [-0.1, -0.05) is 28.1 Å². The first-order valence-electron chi connectivity index (χ1n) is 6.31. The molecule has 1 aromatic heterocycles. The number of nitrogens with zero attached hydrogens (tertiary/aromatic N) is 1. The highest BCUT2D eigenvalue weighted by molar-refractivity contribution is 9.10. The average Bonchev–Trinajstić information content (AvgIpc) is 2.76. The fourth-order valence-corrected chi connectivity index (χ4v) is 2.96. The molecule has 0 saturated carbocycles. The van der Waals surface area contributed by atoms with Crippen LogP contribution >= 0.6 is 27.5 Å². The van der Waals surface area contributed by atoms with Crippen molar-refractivity contribution in [1.82, 2.24) is 4.98 Å². The maximum atomic E-state index is 6.34. The van der Waals surface area contributed by atoms with E-state index in [1.807, 2.05) is 19.9 Å². The first-order valence-corrected chi connectivity index (χ1v) is 7.48. The average molecular weight is 341 g/mol. The number of pyridine rings is 1. The van der Waals surface area contributed by atoms with E-state index >= 15 is 0 Å². The monoisotopic (exact) mass is 339 g/mol. The van der Waals surface area contributed by atoms with E-state index in [2.05, 4.69) is 35.0 Å². The van der Waals surface area contributed by atoms with E-state index in [-0.39, 0.29) is 6.10 Å². The molecule has 0 bridgehead atoms. The van der Waals surface area contributed by atoms with Gasteiger partial charge in [0.2, 0.25) is 0 Å². The Morgan fingerprint density at radius 3 is 2.84 bits per heavy atom. The van der Waals surface area contributed by atoms with Crippen LogP contribution in [0.4, 0.5) is 0 Å². The number of hydrogen-bond donors (Lipinski definition) is 0. The second kappa shape index (κ2) is 4.35. The SMILES string of the molecule is Cc1nc2c(C)cccc2c2c1C[C@H]([C@](C)(Cl)Br)O2. The number of aryl methyl sites for hydroxylation is 2. The van der Waals surface area contributed by atoms with Crippen molar-refractivity contribution in [3.05, 3.63) is 35.0 Å². The number of fused-ring (bicyclic) bond motifs is 3. The summed E-state index contributed by atoms with van der Waals surface area (Å²) in [6.07, 6.45) is 0.722. The number of benzene rings is 1. The summed E-state index contributed by atoms with van der Waals surface area (Å²) in [5.41, 5.74) is 4.40. The topological polar surface area (TPSA) is 22.1 Å². The van der Waals surface area contributed by atoms with Crippen molar-refractivity contribution in [1.29, 1.82) is 0 Å². The van der Waals surface area contributed by atoms with E-state index in [1.165, 1.54) is 11.1 Å². The molecule has 1 aliphatic heterocycles. The van der Waals surface area contributed by atoms with Crippen LogP contribution in [-0.4, -0.2) is 14.9 Å². The molecule has 3 rings (SSSR count). The number of alkyl halides is 2. The Morgan fingerprint density at radius 2 is 2.16 bits per heavy atom. The fraction of sp³-hybridized carbons (Fsp3) is 0.400. The molecule has 0 unspecified atom stereocenters. The molecule has 100 valence electrons.